The number of para-hydroxylation sites is 2. The van der Waals surface area contributed by atoms with Gasteiger partial charge in [-0.05, 0) is 12.1 Å². The van der Waals surface area contributed by atoms with E-state index in [1.54, 1.807) is 24.4 Å². The lowest BCUT2D eigenvalue weighted by Gasteiger charge is -2.09. The Bertz CT molecular complexity index is 797. The van der Waals surface area contributed by atoms with Gasteiger partial charge in [0.2, 0.25) is 0 Å². The van der Waals surface area contributed by atoms with Crippen LogP contribution in [0.25, 0.3) is 10.9 Å². The topological polar surface area (TPSA) is 68.1 Å². The van der Waals surface area contributed by atoms with Crippen LogP contribution < -0.4 is 5.32 Å². The van der Waals surface area contributed by atoms with Gasteiger partial charge in [-0.15, -0.1) is 0 Å². The molecule has 0 saturated heterocycles. The van der Waals surface area contributed by atoms with Gasteiger partial charge >= 0.3 is 0 Å². The van der Waals surface area contributed by atoms with E-state index in [4.69, 9.17) is 0 Å². The largest absolute Gasteiger partial charge is 0.379 e. The molecule has 0 aliphatic heterocycles. The smallest absolute Gasteiger partial charge is 0.274 e. The number of nitro groups is 1. The molecule has 5 nitrogen and oxygen atoms in total. The van der Waals surface area contributed by atoms with E-state index >= 15 is 0 Å². The van der Waals surface area contributed by atoms with Crippen molar-refractivity contribution in [2.24, 2.45) is 0 Å². The Balaban J connectivity index is 1.89. The van der Waals surface area contributed by atoms with Crippen LogP contribution in [0, 0.1) is 10.1 Å². The molecule has 0 saturated carbocycles. The quantitative estimate of drug-likeness (QED) is 0.583. The van der Waals surface area contributed by atoms with Crippen LogP contribution in [0.15, 0.2) is 60.8 Å². The second kappa shape index (κ2) is 5.58. The Morgan fingerprint density at radius 3 is 2.71 bits per heavy atom. The highest BCUT2D eigenvalue weighted by Gasteiger charge is 2.12. The molecule has 104 valence electrons. The lowest BCUT2D eigenvalue weighted by molar-refractivity contribution is -0.385. The molecule has 0 radical (unpaired) electrons. The number of hydrogen-bond acceptors (Lipinski definition) is 4. The van der Waals surface area contributed by atoms with Crippen molar-refractivity contribution in [3.05, 3.63) is 76.5 Å². The fourth-order valence-corrected chi connectivity index (χ4v) is 2.28. The van der Waals surface area contributed by atoms with Crippen LogP contribution in [-0.2, 0) is 6.54 Å². The molecule has 0 aliphatic carbocycles. The summed E-state index contributed by atoms with van der Waals surface area (Å²) < 4.78 is 0. The van der Waals surface area contributed by atoms with Crippen molar-refractivity contribution in [3.63, 3.8) is 0 Å². The molecule has 0 amide bonds. The zero-order valence-corrected chi connectivity index (χ0v) is 11.2. The fourth-order valence-electron chi connectivity index (χ4n) is 2.28. The third-order valence-corrected chi connectivity index (χ3v) is 3.29. The van der Waals surface area contributed by atoms with Crippen molar-refractivity contribution in [3.8, 4) is 0 Å². The van der Waals surface area contributed by atoms with Crippen LogP contribution in [-0.4, -0.2) is 9.91 Å². The summed E-state index contributed by atoms with van der Waals surface area (Å²) in [5.41, 5.74) is 2.50. The van der Waals surface area contributed by atoms with Crippen molar-refractivity contribution in [2.75, 3.05) is 5.32 Å². The molecule has 2 aromatic carbocycles. The molecule has 21 heavy (non-hydrogen) atoms. The number of hydrogen-bond donors (Lipinski definition) is 1. The number of rotatable bonds is 4. The van der Waals surface area contributed by atoms with E-state index in [-0.39, 0.29) is 10.6 Å². The van der Waals surface area contributed by atoms with Crippen molar-refractivity contribution < 1.29 is 4.92 Å². The van der Waals surface area contributed by atoms with E-state index in [0.29, 0.717) is 12.1 Å². The van der Waals surface area contributed by atoms with E-state index in [2.05, 4.69) is 10.3 Å². The van der Waals surface area contributed by atoms with Crippen LogP contribution in [0.4, 0.5) is 11.4 Å². The lowest BCUT2D eigenvalue weighted by atomic mass is 10.1. The fraction of sp³-hybridized carbons (Fsp3) is 0.0625. The summed E-state index contributed by atoms with van der Waals surface area (Å²) in [7, 11) is 0. The molecule has 0 spiro atoms. The minimum Gasteiger partial charge on any atom is -0.379 e. The van der Waals surface area contributed by atoms with Gasteiger partial charge in [0.1, 0.15) is 0 Å². The molecule has 0 unspecified atom stereocenters. The third-order valence-electron chi connectivity index (χ3n) is 3.29. The molecule has 0 bridgehead atoms. The van der Waals surface area contributed by atoms with Crippen molar-refractivity contribution in [1.29, 1.82) is 0 Å². The maximum Gasteiger partial charge on any atom is 0.274 e. The van der Waals surface area contributed by atoms with Gasteiger partial charge in [-0.1, -0.05) is 36.4 Å². The van der Waals surface area contributed by atoms with E-state index in [0.717, 1.165) is 16.6 Å². The molecule has 1 N–H and O–H groups in total. The first-order valence-corrected chi connectivity index (χ1v) is 6.55. The normalized spacial score (nSPS) is 10.5. The van der Waals surface area contributed by atoms with Crippen molar-refractivity contribution in [1.82, 2.24) is 4.98 Å². The Kier molecular flexibility index (Phi) is 3.47. The predicted octanol–water partition coefficient (Wildman–Crippen LogP) is 3.76. The van der Waals surface area contributed by atoms with E-state index in [1.165, 1.54) is 6.07 Å². The van der Waals surface area contributed by atoms with Gasteiger partial charge in [0.15, 0.2) is 0 Å². The Morgan fingerprint density at radius 2 is 1.86 bits per heavy atom. The highest BCUT2D eigenvalue weighted by Crippen LogP contribution is 2.23. The summed E-state index contributed by atoms with van der Waals surface area (Å²) in [6.07, 6.45) is 1.73. The summed E-state index contributed by atoms with van der Waals surface area (Å²) in [6, 6.07) is 16.4. The third kappa shape index (κ3) is 2.67. The SMILES string of the molecule is O=[N+]([O-])c1ccccc1CNc1cccc2cccnc12. The van der Waals surface area contributed by atoms with Crippen LogP contribution in [0.3, 0.4) is 0 Å². The Labute approximate surface area is 121 Å². The molecule has 3 aromatic rings. The Morgan fingerprint density at radius 1 is 1.05 bits per heavy atom. The maximum atomic E-state index is 11.0. The van der Waals surface area contributed by atoms with Gasteiger partial charge in [-0.25, -0.2) is 0 Å². The Hall–Kier alpha value is -2.95. The van der Waals surface area contributed by atoms with Crippen molar-refractivity contribution >= 4 is 22.3 Å². The second-order valence-electron chi connectivity index (χ2n) is 4.62. The number of anilines is 1. The summed E-state index contributed by atoms with van der Waals surface area (Å²) in [5, 5.41) is 15.3. The number of aromatic nitrogens is 1. The predicted molar refractivity (Wildman–Crippen MR) is 82.2 cm³/mol. The number of fused-ring (bicyclic) bond motifs is 1. The average Bonchev–Trinajstić information content (AvgIpc) is 2.53. The van der Waals surface area contributed by atoms with E-state index < -0.39 is 0 Å². The van der Waals surface area contributed by atoms with Gasteiger partial charge in [0.25, 0.3) is 5.69 Å². The highest BCUT2D eigenvalue weighted by atomic mass is 16.6. The highest BCUT2D eigenvalue weighted by molar-refractivity contribution is 5.90. The second-order valence-corrected chi connectivity index (χ2v) is 4.62. The minimum atomic E-state index is -0.363. The molecule has 1 aromatic heterocycles. The van der Waals surface area contributed by atoms with E-state index in [9.17, 15) is 10.1 Å². The van der Waals surface area contributed by atoms with Crippen molar-refractivity contribution in [2.45, 2.75) is 6.54 Å². The molecule has 0 atom stereocenters. The van der Waals surface area contributed by atoms with Gasteiger partial charge in [-0.3, -0.25) is 15.1 Å². The first kappa shape index (κ1) is 13.1. The molecular formula is C16H13N3O2. The number of pyridine rings is 1. The average molecular weight is 279 g/mol. The number of benzene rings is 2. The van der Waals surface area contributed by atoms with E-state index in [1.807, 2.05) is 30.3 Å². The summed E-state index contributed by atoms with van der Waals surface area (Å²) >= 11 is 0. The minimum absolute atomic E-state index is 0.123. The van der Waals surface area contributed by atoms with Crippen LogP contribution in [0.5, 0.6) is 0 Å². The van der Waals surface area contributed by atoms with Gasteiger partial charge < -0.3 is 5.32 Å². The standard InChI is InChI=1S/C16H13N3O2/c20-19(21)15-9-2-1-5-13(15)11-18-14-8-3-6-12-7-4-10-17-16(12)14/h1-10,18H,11H2. The lowest BCUT2D eigenvalue weighted by Crippen LogP contribution is -2.03. The zero-order valence-electron chi connectivity index (χ0n) is 11.2. The maximum absolute atomic E-state index is 11.0. The molecule has 3 rings (SSSR count). The molecule has 0 aliphatic rings. The molecule has 0 fully saturated rings. The van der Waals surface area contributed by atoms with Crippen LogP contribution in [0.1, 0.15) is 5.56 Å². The molecule has 5 heteroatoms. The van der Waals surface area contributed by atoms with Gasteiger partial charge in [0, 0.05) is 29.8 Å². The number of nitrogens with one attached hydrogen (secondary N) is 1. The van der Waals surface area contributed by atoms with Crippen LogP contribution in [0.2, 0.25) is 0 Å². The van der Waals surface area contributed by atoms with Gasteiger partial charge in [-0.2, -0.15) is 0 Å². The monoisotopic (exact) mass is 279 g/mol. The summed E-state index contributed by atoms with van der Waals surface area (Å²) in [4.78, 5) is 15.0. The molecule has 1 heterocycles. The van der Waals surface area contributed by atoms with Crippen LogP contribution >= 0.6 is 0 Å². The summed E-state index contributed by atoms with van der Waals surface area (Å²) in [6.45, 7) is 0.382. The summed E-state index contributed by atoms with van der Waals surface area (Å²) in [5.74, 6) is 0. The first-order valence-electron chi connectivity index (χ1n) is 6.55. The molecular weight excluding hydrogens is 266 g/mol. The van der Waals surface area contributed by atoms with Gasteiger partial charge in [0.05, 0.1) is 16.1 Å². The number of nitro benzene ring substituents is 1. The zero-order chi connectivity index (χ0) is 14.7. The first-order chi connectivity index (χ1) is 10.3. The number of nitrogens with zero attached hydrogens (tertiary/aromatic N) is 2.